The molecule has 1 heterocycles. The highest BCUT2D eigenvalue weighted by Gasteiger charge is 2.32. The van der Waals surface area contributed by atoms with Crippen molar-refractivity contribution in [3.63, 3.8) is 0 Å². The molecular weight excluding hydrogens is 252 g/mol. The van der Waals surface area contributed by atoms with Crippen LogP contribution in [0.4, 0.5) is 0 Å². The van der Waals surface area contributed by atoms with Gasteiger partial charge in [-0.25, -0.2) is 0 Å². The molecule has 0 spiro atoms. The summed E-state index contributed by atoms with van der Waals surface area (Å²) in [6.07, 6.45) is -0.179. The van der Waals surface area contributed by atoms with Crippen molar-refractivity contribution in [1.82, 2.24) is 9.78 Å². The summed E-state index contributed by atoms with van der Waals surface area (Å²) in [6, 6.07) is 0. The van der Waals surface area contributed by atoms with E-state index in [9.17, 15) is 4.79 Å². The number of hydrogen-bond acceptors (Lipinski definition) is 3. The van der Waals surface area contributed by atoms with Gasteiger partial charge in [0.05, 0.1) is 5.69 Å². The Morgan fingerprint density at radius 2 is 2.06 bits per heavy atom. The Kier molecular flexibility index (Phi) is 4.56. The number of ether oxygens (including phenoxy) is 1. The standard InChI is InChI=1S/C13H21ClN2O2/c1-8-9(12(14)16(5)15-8)7-10(17)11(18-6)13(2,3)4/h11H,7H2,1-6H3. The molecule has 1 unspecified atom stereocenters. The van der Waals surface area contributed by atoms with Crippen LogP contribution in [0.5, 0.6) is 0 Å². The minimum atomic E-state index is -0.437. The number of aromatic nitrogens is 2. The lowest BCUT2D eigenvalue weighted by molar-refractivity contribution is -0.134. The summed E-state index contributed by atoms with van der Waals surface area (Å²) in [6.45, 7) is 7.80. The van der Waals surface area contributed by atoms with E-state index in [0.717, 1.165) is 11.3 Å². The second-order valence-corrected chi connectivity index (χ2v) is 5.96. The Morgan fingerprint density at radius 1 is 1.50 bits per heavy atom. The minimum Gasteiger partial charge on any atom is -0.373 e. The van der Waals surface area contributed by atoms with Gasteiger partial charge in [-0.1, -0.05) is 32.4 Å². The zero-order chi connectivity index (χ0) is 14.1. The molecule has 1 aromatic rings. The number of nitrogens with zero attached hydrogens (tertiary/aromatic N) is 2. The van der Waals surface area contributed by atoms with Gasteiger partial charge in [-0.05, 0) is 12.3 Å². The molecule has 1 aromatic heterocycles. The number of aryl methyl sites for hydroxylation is 2. The van der Waals surface area contributed by atoms with E-state index in [0.29, 0.717) is 5.15 Å². The number of ketones is 1. The average molecular weight is 273 g/mol. The lowest BCUT2D eigenvalue weighted by Gasteiger charge is -2.28. The van der Waals surface area contributed by atoms with Gasteiger partial charge in [0.2, 0.25) is 0 Å². The van der Waals surface area contributed by atoms with Crippen LogP contribution in [0.15, 0.2) is 0 Å². The summed E-state index contributed by atoms with van der Waals surface area (Å²) in [5.74, 6) is 0.0306. The van der Waals surface area contributed by atoms with Crippen molar-refractivity contribution < 1.29 is 9.53 Å². The zero-order valence-corrected chi connectivity index (χ0v) is 12.6. The summed E-state index contributed by atoms with van der Waals surface area (Å²) >= 11 is 6.13. The second-order valence-electron chi connectivity index (χ2n) is 5.60. The molecule has 0 radical (unpaired) electrons. The molecule has 0 bridgehead atoms. The van der Waals surface area contributed by atoms with Crippen molar-refractivity contribution in [3.05, 3.63) is 16.4 Å². The summed E-state index contributed by atoms with van der Waals surface area (Å²) in [7, 11) is 3.33. The normalized spacial score (nSPS) is 13.7. The van der Waals surface area contributed by atoms with Gasteiger partial charge in [0.15, 0.2) is 5.78 Å². The molecule has 0 aliphatic carbocycles. The van der Waals surface area contributed by atoms with Crippen LogP contribution in [-0.4, -0.2) is 28.8 Å². The van der Waals surface area contributed by atoms with Crippen molar-refractivity contribution in [3.8, 4) is 0 Å². The first-order valence-corrected chi connectivity index (χ1v) is 6.29. The lowest BCUT2D eigenvalue weighted by Crippen LogP contribution is -2.37. The molecule has 102 valence electrons. The fraction of sp³-hybridized carbons (Fsp3) is 0.692. The number of rotatable bonds is 4. The fourth-order valence-corrected chi connectivity index (χ4v) is 2.35. The number of hydrogen-bond donors (Lipinski definition) is 0. The van der Waals surface area contributed by atoms with Gasteiger partial charge in [0.1, 0.15) is 11.3 Å². The van der Waals surface area contributed by atoms with Crippen LogP contribution >= 0.6 is 11.6 Å². The summed E-state index contributed by atoms with van der Waals surface area (Å²) < 4.78 is 6.90. The number of methoxy groups -OCH3 is 1. The Balaban J connectivity index is 2.94. The highest BCUT2D eigenvalue weighted by atomic mass is 35.5. The maximum Gasteiger partial charge on any atom is 0.166 e. The number of halogens is 1. The maximum absolute atomic E-state index is 12.3. The molecule has 1 rings (SSSR count). The third kappa shape index (κ3) is 3.12. The first-order chi connectivity index (χ1) is 8.18. The Hall–Kier alpha value is -0.870. The van der Waals surface area contributed by atoms with E-state index >= 15 is 0 Å². The fourth-order valence-electron chi connectivity index (χ4n) is 2.11. The molecular formula is C13H21ClN2O2. The molecule has 0 aromatic carbocycles. The molecule has 0 saturated heterocycles. The first-order valence-electron chi connectivity index (χ1n) is 5.92. The molecule has 1 atom stereocenters. The van der Waals surface area contributed by atoms with Gasteiger partial charge >= 0.3 is 0 Å². The van der Waals surface area contributed by atoms with Crippen LogP contribution in [0, 0.1) is 12.3 Å². The van der Waals surface area contributed by atoms with Crippen LogP contribution in [-0.2, 0) is 23.0 Å². The monoisotopic (exact) mass is 272 g/mol. The van der Waals surface area contributed by atoms with Gasteiger partial charge in [0, 0.05) is 26.1 Å². The van der Waals surface area contributed by atoms with Crippen LogP contribution in [0.25, 0.3) is 0 Å². The molecule has 0 aliphatic rings. The first kappa shape index (κ1) is 15.2. The predicted molar refractivity (Wildman–Crippen MR) is 71.9 cm³/mol. The van der Waals surface area contributed by atoms with Crippen molar-refractivity contribution >= 4 is 17.4 Å². The number of Topliss-reactive ketones (excluding diaryl/α,β-unsaturated/α-hetero) is 1. The van der Waals surface area contributed by atoms with Crippen molar-refractivity contribution in [2.45, 2.75) is 40.2 Å². The largest absolute Gasteiger partial charge is 0.373 e. The van der Waals surface area contributed by atoms with Crippen molar-refractivity contribution in [2.75, 3.05) is 7.11 Å². The van der Waals surface area contributed by atoms with E-state index in [1.54, 1.807) is 18.8 Å². The molecule has 5 heteroatoms. The predicted octanol–water partition coefficient (Wildman–Crippen LogP) is 2.55. The summed E-state index contributed by atoms with van der Waals surface area (Å²) in [5, 5.41) is 4.72. The van der Waals surface area contributed by atoms with Gasteiger partial charge in [0.25, 0.3) is 0 Å². The van der Waals surface area contributed by atoms with Gasteiger partial charge in [-0.3, -0.25) is 9.48 Å². The van der Waals surface area contributed by atoms with E-state index in [1.165, 1.54) is 0 Å². The van der Waals surface area contributed by atoms with Crippen molar-refractivity contribution in [2.24, 2.45) is 12.5 Å². The van der Waals surface area contributed by atoms with Crippen LogP contribution < -0.4 is 0 Å². The molecule has 4 nitrogen and oxygen atoms in total. The van der Waals surface area contributed by atoms with Crippen molar-refractivity contribution in [1.29, 1.82) is 0 Å². The highest BCUT2D eigenvalue weighted by molar-refractivity contribution is 6.30. The lowest BCUT2D eigenvalue weighted by atomic mass is 9.85. The Morgan fingerprint density at radius 3 is 2.39 bits per heavy atom. The molecule has 0 amide bonds. The molecule has 0 saturated carbocycles. The minimum absolute atomic E-state index is 0.0306. The third-order valence-electron chi connectivity index (χ3n) is 2.94. The molecule has 0 fully saturated rings. The van der Waals surface area contributed by atoms with Crippen LogP contribution in [0.2, 0.25) is 5.15 Å². The van der Waals surface area contributed by atoms with E-state index in [1.807, 2.05) is 27.7 Å². The SMILES string of the molecule is COC(C(=O)Cc1c(C)nn(C)c1Cl)C(C)(C)C. The highest BCUT2D eigenvalue weighted by Crippen LogP contribution is 2.26. The average Bonchev–Trinajstić information content (AvgIpc) is 2.44. The topological polar surface area (TPSA) is 44.1 Å². The smallest absolute Gasteiger partial charge is 0.166 e. The Labute approximate surface area is 113 Å². The quantitative estimate of drug-likeness (QED) is 0.846. The summed E-state index contributed by atoms with van der Waals surface area (Å²) in [4.78, 5) is 12.3. The second kappa shape index (κ2) is 5.41. The van der Waals surface area contributed by atoms with E-state index in [4.69, 9.17) is 16.3 Å². The number of carbonyl (C=O) groups excluding carboxylic acids is 1. The van der Waals surface area contributed by atoms with E-state index < -0.39 is 6.10 Å². The van der Waals surface area contributed by atoms with Crippen LogP contribution in [0.3, 0.4) is 0 Å². The Bertz CT molecular complexity index is 447. The molecule has 18 heavy (non-hydrogen) atoms. The summed E-state index contributed by atoms with van der Waals surface area (Å²) in [5.41, 5.74) is 1.35. The van der Waals surface area contributed by atoms with E-state index in [2.05, 4.69) is 5.10 Å². The third-order valence-corrected chi connectivity index (χ3v) is 3.41. The zero-order valence-electron chi connectivity index (χ0n) is 11.9. The van der Waals surface area contributed by atoms with Gasteiger partial charge in [-0.2, -0.15) is 5.10 Å². The van der Waals surface area contributed by atoms with Gasteiger partial charge in [-0.15, -0.1) is 0 Å². The van der Waals surface area contributed by atoms with Crippen LogP contribution in [0.1, 0.15) is 32.0 Å². The van der Waals surface area contributed by atoms with E-state index in [-0.39, 0.29) is 17.6 Å². The molecule has 0 N–H and O–H groups in total. The number of carbonyl (C=O) groups is 1. The molecule has 0 aliphatic heterocycles. The maximum atomic E-state index is 12.3. The van der Waals surface area contributed by atoms with Gasteiger partial charge < -0.3 is 4.74 Å².